The Morgan fingerprint density at radius 3 is 1.15 bits per heavy atom. The summed E-state index contributed by atoms with van der Waals surface area (Å²) in [6.07, 6.45) is 71.3. The molecule has 0 bridgehead atoms. The molecular weight excluding hydrogens is 827 g/mol. The number of hydrogen-bond acceptors (Lipinski definition) is 5. The van der Waals surface area contributed by atoms with E-state index in [0.717, 1.165) is 77.0 Å². The Kier molecular flexibility index (Phi) is 54.6. The summed E-state index contributed by atoms with van der Waals surface area (Å²) in [7, 11) is 0. The molecule has 0 heterocycles. The molecule has 6 nitrogen and oxygen atoms in total. The lowest BCUT2D eigenvalue weighted by Crippen LogP contribution is -2.45. The second-order valence-electron chi connectivity index (χ2n) is 20.0. The van der Waals surface area contributed by atoms with Crippen molar-refractivity contribution in [1.29, 1.82) is 0 Å². The standard InChI is InChI=1S/C61H113NO5/c1-3-5-7-9-11-13-15-17-19-23-26-29-33-37-41-45-49-53-59(64)58(57-63)62-60(65)54-50-46-42-38-34-30-27-24-21-20-22-25-28-32-36-40-44-48-52-56-67-61(66)55-51-47-43-39-35-31-18-16-14-12-10-8-6-4-2/h16,18,25,28,32,36,49,53,58-59,63-64H,3-15,17,19-24,26-27,29-31,33-35,37-48,50-52,54-57H2,1-2H3,(H,62,65)/b18-16-,28-25-,36-32-,53-49+. The zero-order chi connectivity index (χ0) is 48.6. The molecule has 0 aromatic heterocycles. The van der Waals surface area contributed by atoms with E-state index in [4.69, 9.17) is 4.74 Å². The van der Waals surface area contributed by atoms with Crippen molar-refractivity contribution in [3.63, 3.8) is 0 Å². The number of unbranched alkanes of at least 4 members (excludes halogenated alkanes) is 38. The quantitative estimate of drug-likeness (QED) is 0.0244. The van der Waals surface area contributed by atoms with Gasteiger partial charge in [-0.05, 0) is 89.9 Å². The molecule has 0 aromatic rings. The number of amides is 1. The molecule has 0 fully saturated rings. The highest BCUT2D eigenvalue weighted by Gasteiger charge is 2.18. The number of ether oxygens (including phenoxy) is 1. The van der Waals surface area contributed by atoms with Crippen molar-refractivity contribution < 1.29 is 24.5 Å². The van der Waals surface area contributed by atoms with Gasteiger partial charge in [-0.3, -0.25) is 9.59 Å². The van der Waals surface area contributed by atoms with Gasteiger partial charge in [0.1, 0.15) is 0 Å². The van der Waals surface area contributed by atoms with Crippen LogP contribution in [0.15, 0.2) is 48.6 Å². The molecule has 6 heteroatoms. The molecule has 0 aliphatic heterocycles. The molecule has 0 spiro atoms. The number of aliphatic hydroxyl groups excluding tert-OH is 2. The Hall–Kier alpha value is -2.18. The number of nitrogens with one attached hydrogen (secondary N) is 1. The summed E-state index contributed by atoms with van der Waals surface area (Å²) in [6, 6.07) is -0.637. The van der Waals surface area contributed by atoms with Gasteiger partial charge in [0.05, 0.1) is 25.4 Å². The van der Waals surface area contributed by atoms with Crippen LogP contribution in [-0.2, 0) is 14.3 Å². The molecule has 0 radical (unpaired) electrons. The van der Waals surface area contributed by atoms with Crippen molar-refractivity contribution in [2.24, 2.45) is 0 Å². The molecular formula is C61H113NO5. The van der Waals surface area contributed by atoms with Crippen molar-refractivity contribution in [2.75, 3.05) is 13.2 Å². The topological polar surface area (TPSA) is 95.9 Å². The van der Waals surface area contributed by atoms with E-state index in [1.54, 1.807) is 6.08 Å². The highest BCUT2D eigenvalue weighted by Crippen LogP contribution is 2.16. The summed E-state index contributed by atoms with van der Waals surface area (Å²) in [5, 5.41) is 23.1. The van der Waals surface area contributed by atoms with Crippen molar-refractivity contribution in [3.05, 3.63) is 48.6 Å². The Labute approximate surface area is 416 Å². The maximum atomic E-state index is 12.5. The Morgan fingerprint density at radius 2 is 0.746 bits per heavy atom. The van der Waals surface area contributed by atoms with Crippen LogP contribution in [0.4, 0.5) is 0 Å². The number of hydrogen-bond donors (Lipinski definition) is 3. The van der Waals surface area contributed by atoms with Crippen molar-refractivity contribution in [2.45, 2.75) is 315 Å². The number of carbonyl (C=O) groups is 2. The maximum absolute atomic E-state index is 12.5. The first-order valence-corrected chi connectivity index (χ1v) is 29.4. The van der Waals surface area contributed by atoms with Gasteiger partial charge in [0.2, 0.25) is 5.91 Å². The van der Waals surface area contributed by atoms with Crippen LogP contribution in [0.5, 0.6) is 0 Å². The molecule has 2 atom stereocenters. The van der Waals surface area contributed by atoms with Gasteiger partial charge in [-0.1, -0.05) is 249 Å². The van der Waals surface area contributed by atoms with Gasteiger partial charge in [0, 0.05) is 12.8 Å². The van der Waals surface area contributed by atoms with Gasteiger partial charge < -0.3 is 20.3 Å². The minimum atomic E-state index is -0.852. The maximum Gasteiger partial charge on any atom is 0.305 e. The van der Waals surface area contributed by atoms with Gasteiger partial charge in [0.25, 0.3) is 0 Å². The number of rotatable bonds is 54. The van der Waals surface area contributed by atoms with E-state index in [2.05, 4.69) is 55.6 Å². The predicted molar refractivity (Wildman–Crippen MR) is 292 cm³/mol. The number of carbonyl (C=O) groups excluding carboxylic acids is 2. The second-order valence-corrected chi connectivity index (χ2v) is 20.0. The molecule has 67 heavy (non-hydrogen) atoms. The molecule has 0 saturated heterocycles. The highest BCUT2D eigenvalue weighted by atomic mass is 16.5. The predicted octanol–water partition coefficient (Wildman–Crippen LogP) is 18.2. The second kappa shape index (κ2) is 56.4. The summed E-state index contributed by atoms with van der Waals surface area (Å²) < 4.78 is 5.44. The molecule has 2 unspecified atom stereocenters. The minimum Gasteiger partial charge on any atom is -0.466 e. The van der Waals surface area contributed by atoms with E-state index in [9.17, 15) is 19.8 Å². The van der Waals surface area contributed by atoms with E-state index in [1.807, 2.05) is 6.08 Å². The average Bonchev–Trinajstić information content (AvgIpc) is 3.33. The van der Waals surface area contributed by atoms with Crippen LogP contribution in [0.25, 0.3) is 0 Å². The van der Waals surface area contributed by atoms with Gasteiger partial charge >= 0.3 is 5.97 Å². The summed E-state index contributed by atoms with van der Waals surface area (Å²) in [5.41, 5.74) is 0. The van der Waals surface area contributed by atoms with Crippen LogP contribution < -0.4 is 5.32 Å². The first-order chi connectivity index (χ1) is 33.0. The van der Waals surface area contributed by atoms with Gasteiger partial charge in [-0.15, -0.1) is 0 Å². The fraction of sp³-hybridized carbons (Fsp3) is 0.836. The third-order valence-corrected chi connectivity index (χ3v) is 13.3. The van der Waals surface area contributed by atoms with E-state index < -0.39 is 12.1 Å². The molecule has 1 amide bonds. The molecule has 0 aliphatic carbocycles. The molecule has 392 valence electrons. The van der Waals surface area contributed by atoms with E-state index in [1.165, 1.54) is 199 Å². The lowest BCUT2D eigenvalue weighted by molar-refractivity contribution is -0.143. The third kappa shape index (κ3) is 53.0. The van der Waals surface area contributed by atoms with Crippen LogP contribution in [0, 0.1) is 0 Å². The number of aliphatic hydroxyl groups is 2. The largest absolute Gasteiger partial charge is 0.466 e. The molecule has 0 aliphatic rings. The first-order valence-electron chi connectivity index (χ1n) is 29.4. The SMILES string of the molecule is CCCCCCC/C=C\CCCCCCCC(=O)OCCCCC/C=C\C=C/CCCCCCCCCCCCC(=O)NC(CO)C(O)/C=C/CCCCCCCCCCCCCCCCC. The van der Waals surface area contributed by atoms with Crippen molar-refractivity contribution in [3.8, 4) is 0 Å². The van der Waals surface area contributed by atoms with E-state index in [0.29, 0.717) is 19.4 Å². The van der Waals surface area contributed by atoms with Crippen LogP contribution in [0.2, 0.25) is 0 Å². The number of allylic oxidation sites excluding steroid dienone is 7. The Bertz CT molecular complexity index is 1130. The normalized spacial score (nSPS) is 13.0. The van der Waals surface area contributed by atoms with Gasteiger partial charge in [-0.25, -0.2) is 0 Å². The van der Waals surface area contributed by atoms with Crippen LogP contribution in [0.1, 0.15) is 303 Å². The fourth-order valence-corrected chi connectivity index (χ4v) is 8.80. The Morgan fingerprint density at radius 1 is 0.418 bits per heavy atom. The molecule has 0 saturated carbocycles. The highest BCUT2D eigenvalue weighted by molar-refractivity contribution is 5.76. The average molecular weight is 941 g/mol. The van der Waals surface area contributed by atoms with Crippen LogP contribution in [0.3, 0.4) is 0 Å². The van der Waals surface area contributed by atoms with Gasteiger partial charge in [0.15, 0.2) is 0 Å². The summed E-state index contributed by atoms with van der Waals surface area (Å²) in [4.78, 5) is 24.5. The monoisotopic (exact) mass is 940 g/mol. The zero-order valence-electron chi connectivity index (χ0n) is 44.6. The van der Waals surface area contributed by atoms with Crippen LogP contribution >= 0.6 is 0 Å². The Balaban J connectivity index is 3.52. The third-order valence-electron chi connectivity index (χ3n) is 13.3. The van der Waals surface area contributed by atoms with Gasteiger partial charge in [-0.2, -0.15) is 0 Å². The molecule has 0 rings (SSSR count). The fourth-order valence-electron chi connectivity index (χ4n) is 8.80. The summed E-state index contributed by atoms with van der Waals surface area (Å²) in [5.74, 6) is -0.100. The van der Waals surface area contributed by atoms with Crippen LogP contribution in [-0.4, -0.2) is 47.4 Å². The lowest BCUT2D eigenvalue weighted by Gasteiger charge is -2.20. The smallest absolute Gasteiger partial charge is 0.305 e. The number of esters is 1. The summed E-state index contributed by atoms with van der Waals surface area (Å²) in [6.45, 7) is 4.85. The lowest BCUT2D eigenvalue weighted by atomic mass is 10.0. The summed E-state index contributed by atoms with van der Waals surface area (Å²) >= 11 is 0. The minimum absolute atomic E-state index is 0.0231. The van der Waals surface area contributed by atoms with Crippen molar-refractivity contribution in [1.82, 2.24) is 5.32 Å². The van der Waals surface area contributed by atoms with Crippen molar-refractivity contribution >= 4 is 11.9 Å². The van der Waals surface area contributed by atoms with E-state index in [-0.39, 0.29) is 18.5 Å². The zero-order valence-corrected chi connectivity index (χ0v) is 44.6. The molecule has 3 N–H and O–H groups in total. The first kappa shape index (κ1) is 64.8. The molecule has 0 aromatic carbocycles. The van der Waals surface area contributed by atoms with E-state index >= 15 is 0 Å².